The molecule has 0 aliphatic heterocycles. The highest BCUT2D eigenvalue weighted by molar-refractivity contribution is 7.98. The maximum Gasteiger partial charge on any atom is 0.152 e. The Balaban J connectivity index is 2.45. The van der Waals surface area contributed by atoms with Gasteiger partial charge in [-0.2, -0.15) is 0 Å². The van der Waals surface area contributed by atoms with E-state index >= 15 is 0 Å². The number of hydrogen-bond donors (Lipinski definition) is 0. The smallest absolute Gasteiger partial charge is 0.152 e. The molecule has 2 aromatic carbocycles. The van der Waals surface area contributed by atoms with Crippen LogP contribution in [0.3, 0.4) is 0 Å². The summed E-state index contributed by atoms with van der Waals surface area (Å²) in [7, 11) is 0. The molecule has 0 aliphatic rings. The normalized spacial score (nSPS) is 10.2. The minimum Gasteiger partial charge on any atom is -0.298 e. The number of carbonyl (C=O) groups excluding carboxylic acids is 1. The van der Waals surface area contributed by atoms with Crippen molar-refractivity contribution in [3.05, 3.63) is 53.8 Å². The predicted octanol–water partition coefficient (Wildman–Crippen LogP) is 4.03. The maximum absolute atomic E-state index is 13.5. The number of benzene rings is 2. The van der Waals surface area contributed by atoms with Crippen LogP contribution >= 0.6 is 11.8 Å². The first kappa shape index (κ1) is 11.9. The molecule has 1 nitrogen and oxygen atoms in total. The number of aldehydes is 1. The number of thioether (sulfide) groups is 1. The van der Waals surface area contributed by atoms with Gasteiger partial charge in [-0.1, -0.05) is 18.2 Å². The van der Waals surface area contributed by atoms with Crippen LogP contribution in [0.1, 0.15) is 10.4 Å². The molecule has 0 fully saturated rings. The Morgan fingerprint density at radius 3 is 2.53 bits per heavy atom. The number of halogens is 1. The Labute approximate surface area is 104 Å². The molecule has 0 amide bonds. The first-order valence-electron chi connectivity index (χ1n) is 5.14. The number of rotatable bonds is 3. The average Bonchev–Trinajstić information content (AvgIpc) is 2.38. The Kier molecular flexibility index (Phi) is 3.59. The van der Waals surface area contributed by atoms with Gasteiger partial charge in [0.1, 0.15) is 5.82 Å². The van der Waals surface area contributed by atoms with Crippen LogP contribution in [0.4, 0.5) is 4.39 Å². The van der Waals surface area contributed by atoms with Gasteiger partial charge in [-0.3, -0.25) is 4.79 Å². The molecule has 0 heterocycles. The standard InChI is InChI=1S/C14H11FOS/c1-17-13-4-2-3-10(7-13)11-5-6-12(9-16)14(15)8-11/h2-9H,1H3. The zero-order valence-corrected chi connectivity index (χ0v) is 10.1. The van der Waals surface area contributed by atoms with Gasteiger partial charge < -0.3 is 0 Å². The lowest BCUT2D eigenvalue weighted by Gasteiger charge is -2.05. The molecule has 86 valence electrons. The van der Waals surface area contributed by atoms with Gasteiger partial charge in [0.25, 0.3) is 0 Å². The van der Waals surface area contributed by atoms with E-state index in [0.717, 1.165) is 16.0 Å². The minimum absolute atomic E-state index is 0.0924. The molecule has 0 spiro atoms. The summed E-state index contributed by atoms with van der Waals surface area (Å²) in [5, 5.41) is 0. The Morgan fingerprint density at radius 1 is 1.12 bits per heavy atom. The summed E-state index contributed by atoms with van der Waals surface area (Å²) in [6.45, 7) is 0. The van der Waals surface area contributed by atoms with Crippen molar-refractivity contribution in [1.82, 2.24) is 0 Å². The van der Waals surface area contributed by atoms with Crippen molar-refractivity contribution < 1.29 is 9.18 Å². The molecule has 0 atom stereocenters. The summed E-state index contributed by atoms with van der Waals surface area (Å²) in [6, 6.07) is 12.5. The van der Waals surface area contributed by atoms with Gasteiger partial charge in [0.2, 0.25) is 0 Å². The lowest BCUT2D eigenvalue weighted by molar-refractivity contribution is 0.112. The van der Waals surface area contributed by atoms with Crippen LogP contribution in [0.2, 0.25) is 0 Å². The van der Waals surface area contributed by atoms with Crippen molar-refractivity contribution in [3.8, 4) is 11.1 Å². The van der Waals surface area contributed by atoms with Gasteiger partial charge in [-0.25, -0.2) is 4.39 Å². The van der Waals surface area contributed by atoms with E-state index in [4.69, 9.17) is 0 Å². The van der Waals surface area contributed by atoms with Crippen molar-refractivity contribution in [2.75, 3.05) is 6.26 Å². The zero-order chi connectivity index (χ0) is 12.3. The summed E-state index contributed by atoms with van der Waals surface area (Å²) >= 11 is 1.64. The van der Waals surface area contributed by atoms with E-state index in [-0.39, 0.29) is 5.56 Å². The Morgan fingerprint density at radius 2 is 1.88 bits per heavy atom. The lowest BCUT2D eigenvalue weighted by atomic mass is 10.0. The van der Waals surface area contributed by atoms with Crippen LogP contribution in [0.15, 0.2) is 47.4 Å². The minimum atomic E-state index is -0.480. The van der Waals surface area contributed by atoms with E-state index in [9.17, 15) is 9.18 Å². The molecule has 0 unspecified atom stereocenters. The maximum atomic E-state index is 13.5. The van der Waals surface area contributed by atoms with Gasteiger partial charge in [-0.05, 0) is 41.6 Å². The van der Waals surface area contributed by atoms with Crippen LogP contribution < -0.4 is 0 Å². The summed E-state index contributed by atoms with van der Waals surface area (Å²) in [6.07, 6.45) is 2.52. The molecule has 2 rings (SSSR count). The van der Waals surface area contributed by atoms with E-state index in [1.807, 2.05) is 30.5 Å². The average molecular weight is 246 g/mol. The summed E-state index contributed by atoms with van der Waals surface area (Å²) in [5.41, 5.74) is 1.83. The third-order valence-electron chi connectivity index (χ3n) is 2.53. The van der Waals surface area contributed by atoms with Crippen LogP contribution in [-0.2, 0) is 0 Å². The summed E-state index contributed by atoms with van der Waals surface area (Å²) < 4.78 is 13.5. The highest BCUT2D eigenvalue weighted by Gasteiger charge is 2.04. The van der Waals surface area contributed by atoms with Crippen molar-refractivity contribution in [2.24, 2.45) is 0 Å². The molecule has 2 aromatic rings. The third-order valence-corrected chi connectivity index (χ3v) is 3.26. The van der Waals surface area contributed by atoms with Crippen LogP contribution in [0.5, 0.6) is 0 Å². The van der Waals surface area contributed by atoms with E-state index < -0.39 is 5.82 Å². The van der Waals surface area contributed by atoms with Crippen molar-refractivity contribution in [1.29, 1.82) is 0 Å². The molecule has 0 saturated carbocycles. The number of carbonyl (C=O) groups is 1. The van der Waals surface area contributed by atoms with E-state index in [1.165, 1.54) is 12.1 Å². The highest BCUT2D eigenvalue weighted by atomic mass is 32.2. The van der Waals surface area contributed by atoms with Crippen molar-refractivity contribution in [2.45, 2.75) is 4.90 Å². The monoisotopic (exact) mass is 246 g/mol. The second-order valence-electron chi connectivity index (χ2n) is 3.59. The SMILES string of the molecule is CSc1cccc(-c2ccc(C=O)c(F)c2)c1. The topological polar surface area (TPSA) is 17.1 Å². The summed E-state index contributed by atoms with van der Waals surface area (Å²) in [4.78, 5) is 11.7. The van der Waals surface area contributed by atoms with Crippen LogP contribution in [-0.4, -0.2) is 12.5 Å². The molecule has 0 aliphatic carbocycles. The molecule has 0 bridgehead atoms. The first-order chi connectivity index (χ1) is 8.24. The largest absolute Gasteiger partial charge is 0.298 e. The Bertz CT molecular complexity index is 552. The predicted molar refractivity (Wildman–Crippen MR) is 69.0 cm³/mol. The lowest BCUT2D eigenvalue weighted by Crippen LogP contribution is -1.88. The summed E-state index contributed by atoms with van der Waals surface area (Å²) in [5.74, 6) is -0.480. The van der Waals surface area contributed by atoms with Gasteiger partial charge >= 0.3 is 0 Å². The molecule has 0 N–H and O–H groups in total. The van der Waals surface area contributed by atoms with Crippen molar-refractivity contribution in [3.63, 3.8) is 0 Å². The van der Waals surface area contributed by atoms with Crippen molar-refractivity contribution >= 4 is 18.0 Å². The molecular formula is C14H11FOS. The van der Waals surface area contributed by atoms with Gasteiger partial charge in [0.05, 0.1) is 5.56 Å². The van der Waals surface area contributed by atoms with Gasteiger partial charge in [0.15, 0.2) is 6.29 Å². The quantitative estimate of drug-likeness (QED) is 0.601. The molecule has 0 saturated heterocycles. The fraction of sp³-hybridized carbons (Fsp3) is 0.0714. The van der Waals surface area contributed by atoms with Gasteiger partial charge in [0, 0.05) is 4.90 Å². The van der Waals surface area contributed by atoms with E-state index in [0.29, 0.717) is 6.29 Å². The highest BCUT2D eigenvalue weighted by Crippen LogP contribution is 2.25. The molecule has 0 radical (unpaired) electrons. The molecular weight excluding hydrogens is 235 g/mol. The third kappa shape index (κ3) is 2.56. The first-order valence-corrected chi connectivity index (χ1v) is 6.36. The van der Waals surface area contributed by atoms with Crippen LogP contribution in [0, 0.1) is 5.82 Å². The van der Waals surface area contributed by atoms with Crippen LogP contribution in [0.25, 0.3) is 11.1 Å². The Hall–Kier alpha value is -1.61. The fourth-order valence-corrected chi connectivity index (χ4v) is 2.06. The molecule has 17 heavy (non-hydrogen) atoms. The fourth-order valence-electron chi connectivity index (χ4n) is 1.60. The second-order valence-corrected chi connectivity index (χ2v) is 4.47. The van der Waals surface area contributed by atoms with Gasteiger partial charge in [-0.15, -0.1) is 11.8 Å². The van der Waals surface area contributed by atoms with E-state index in [2.05, 4.69) is 0 Å². The molecule has 0 aromatic heterocycles. The molecule has 3 heteroatoms. The number of hydrogen-bond acceptors (Lipinski definition) is 2. The zero-order valence-electron chi connectivity index (χ0n) is 9.31. The van der Waals surface area contributed by atoms with E-state index in [1.54, 1.807) is 17.8 Å². The second kappa shape index (κ2) is 5.15.